The van der Waals surface area contributed by atoms with Gasteiger partial charge in [-0.1, -0.05) is 24.3 Å². The van der Waals surface area contributed by atoms with Crippen LogP contribution in [0.1, 0.15) is 24.8 Å². The third kappa shape index (κ3) is 1.57. The molecule has 2 heteroatoms. The Morgan fingerprint density at radius 3 is 3.00 bits per heavy atom. The van der Waals surface area contributed by atoms with Gasteiger partial charge in [-0.2, -0.15) is 12.6 Å². The molecule has 2 atom stereocenters. The summed E-state index contributed by atoms with van der Waals surface area (Å²) in [6.07, 6.45) is 6.07. The molecule has 1 fully saturated rings. The Morgan fingerprint density at radius 2 is 2.07 bits per heavy atom. The number of anilines is 1. The highest BCUT2D eigenvalue weighted by molar-refractivity contribution is 7.81. The van der Waals surface area contributed by atoms with E-state index in [1.807, 2.05) is 0 Å². The molecule has 2 aliphatic rings. The quantitative estimate of drug-likeness (QED) is 0.635. The number of thiol groups is 1. The molecular formula is C13H15NS. The predicted octanol–water partition coefficient (Wildman–Crippen LogP) is 3.35. The lowest BCUT2D eigenvalue weighted by Gasteiger charge is -2.35. The molecule has 1 aliphatic heterocycles. The maximum atomic E-state index is 4.67. The summed E-state index contributed by atoms with van der Waals surface area (Å²) in [5, 5.41) is 4.06. The summed E-state index contributed by atoms with van der Waals surface area (Å²) in [5.74, 6) is 0. The fraction of sp³-hybridized carbons (Fsp3) is 0.385. The summed E-state index contributed by atoms with van der Waals surface area (Å²) < 4.78 is 0. The van der Waals surface area contributed by atoms with E-state index in [2.05, 4.69) is 48.3 Å². The van der Waals surface area contributed by atoms with Crippen LogP contribution in [-0.2, 0) is 0 Å². The number of benzene rings is 1. The number of rotatable bonds is 0. The fourth-order valence-electron chi connectivity index (χ4n) is 2.55. The molecular weight excluding hydrogens is 202 g/mol. The van der Waals surface area contributed by atoms with Gasteiger partial charge in [-0.15, -0.1) is 0 Å². The van der Waals surface area contributed by atoms with Crippen molar-refractivity contribution in [1.82, 2.24) is 0 Å². The highest BCUT2D eigenvalue weighted by Crippen LogP contribution is 2.36. The third-order valence-corrected chi connectivity index (χ3v) is 3.93. The van der Waals surface area contributed by atoms with E-state index >= 15 is 0 Å². The molecule has 0 bridgehead atoms. The van der Waals surface area contributed by atoms with Crippen molar-refractivity contribution in [2.24, 2.45) is 0 Å². The zero-order valence-corrected chi connectivity index (χ0v) is 9.50. The van der Waals surface area contributed by atoms with Crippen molar-refractivity contribution in [1.29, 1.82) is 0 Å². The third-order valence-electron chi connectivity index (χ3n) is 3.37. The molecule has 1 aromatic carbocycles. The molecule has 1 aromatic rings. The van der Waals surface area contributed by atoms with Crippen LogP contribution < -0.4 is 5.32 Å². The number of nitrogens with one attached hydrogen (secondary N) is 1. The molecule has 0 spiro atoms. The average Bonchev–Trinajstić information content (AvgIpc) is 2.27. The summed E-state index contributed by atoms with van der Waals surface area (Å²) in [7, 11) is 0. The first-order chi connectivity index (χ1) is 7.34. The zero-order valence-electron chi connectivity index (χ0n) is 8.61. The summed E-state index contributed by atoms with van der Waals surface area (Å²) >= 11 is 4.67. The Kier molecular flexibility index (Phi) is 2.24. The van der Waals surface area contributed by atoms with Crippen molar-refractivity contribution in [3.8, 4) is 0 Å². The van der Waals surface area contributed by atoms with Crippen LogP contribution in [0, 0.1) is 0 Å². The van der Waals surface area contributed by atoms with Crippen molar-refractivity contribution < 1.29 is 0 Å². The second-order valence-electron chi connectivity index (χ2n) is 4.38. The first-order valence-corrected chi connectivity index (χ1v) is 6.11. The molecule has 3 rings (SSSR count). The van der Waals surface area contributed by atoms with Gasteiger partial charge in [0.15, 0.2) is 0 Å². The van der Waals surface area contributed by atoms with Crippen LogP contribution in [0.3, 0.4) is 0 Å². The van der Waals surface area contributed by atoms with E-state index in [1.54, 1.807) is 0 Å². The normalized spacial score (nSPS) is 28.5. The molecule has 0 saturated heterocycles. The van der Waals surface area contributed by atoms with E-state index < -0.39 is 0 Å². The van der Waals surface area contributed by atoms with Crippen LogP contribution in [0.2, 0.25) is 0 Å². The highest BCUT2D eigenvalue weighted by Gasteiger charge is 2.28. The van der Waals surface area contributed by atoms with Gasteiger partial charge in [0.2, 0.25) is 0 Å². The van der Waals surface area contributed by atoms with E-state index in [-0.39, 0.29) is 0 Å². The van der Waals surface area contributed by atoms with Crippen molar-refractivity contribution in [3.63, 3.8) is 0 Å². The Morgan fingerprint density at radius 1 is 1.20 bits per heavy atom. The van der Waals surface area contributed by atoms with Crippen LogP contribution >= 0.6 is 12.6 Å². The Hall–Kier alpha value is -0.890. The maximum absolute atomic E-state index is 4.67. The highest BCUT2D eigenvalue weighted by atomic mass is 32.1. The van der Waals surface area contributed by atoms with Gasteiger partial charge in [0.1, 0.15) is 0 Å². The molecule has 1 aliphatic carbocycles. The fourth-order valence-corrected chi connectivity index (χ4v) is 2.99. The zero-order chi connectivity index (χ0) is 10.3. The minimum atomic E-state index is 0.449. The van der Waals surface area contributed by atoms with Crippen LogP contribution in [0.4, 0.5) is 5.69 Å². The molecule has 0 radical (unpaired) electrons. The lowest BCUT2D eigenvalue weighted by molar-refractivity contribution is 0.569. The van der Waals surface area contributed by atoms with Gasteiger partial charge < -0.3 is 5.32 Å². The van der Waals surface area contributed by atoms with Gasteiger partial charge in [0, 0.05) is 17.0 Å². The first kappa shape index (κ1) is 9.34. The predicted molar refractivity (Wildman–Crippen MR) is 68.5 cm³/mol. The Bertz CT molecular complexity index is 411. The second-order valence-corrected chi connectivity index (χ2v) is 5.00. The van der Waals surface area contributed by atoms with E-state index in [0.29, 0.717) is 11.3 Å². The number of hydrogen-bond acceptors (Lipinski definition) is 2. The van der Waals surface area contributed by atoms with Crippen LogP contribution in [0.5, 0.6) is 0 Å². The largest absolute Gasteiger partial charge is 0.378 e. The molecule has 1 nitrogen and oxygen atoms in total. The monoisotopic (exact) mass is 217 g/mol. The molecule has 1 N–H and O–H groups in total. The molecule has 0 amide bonds. The van der Waals surface area contributed by atoms with Crippen molar-refractivity contribution in [2.75, 3.05) is 5.32 Å². The minimum absolute atomic E-state index is 0.449. The summed E-state index contributed by atoms with van der Waals surface area (Å²) in [5.41, 5.74) is 4.06. The smallest absolute Gasteiger partial charge is 0.0487 e. The maximum Gasteiger partial charge on any atom is 0.0487 e. The van der Waals surface area contributed by atoms with Gasteiger partial charge in [-0.3, -0.25) is 0 Å². The summed E-state index contributed by atoms with van der Waals surface area (Å²) in [4.78, 5) is 0. The number of fused-ring (bicyclic) bond motifs is 2. The Balaban J connectivity index is 2.05. The lowest BCUT2D eigenvalue weighted by atomic mass is 9.85. The second kappa shape index (κ2) is 3.60. The number of para-hydroxylation sites is 1. The van der Waals surface area contributed by atoms with Gasteiger partial charge in [0.25, 0.3) is 0 Å². The van der Waals surface area contributed by atoms with Gasteiger partial charge in [0.05, 0.1) is 0 Å². The summed E-state index contributed by atoms with van der Waals surface area (Å²) in [6.45, 7) is 0. The molecule has 0 aromatic heterocycles. The van der Waals surface area contributed by atoms with Gasteiger partial charge in [-0.25, -0.2) is 0 Å². The van der Waals surface area contributed by atoms with Crippen LogP contribution in [0.25, 0.3) is 6.08 Å². The molecule has 1 saturated carbocycles. The van der Waals surface area contributed by atoms with Crippen molar-refractivity contribution >= 4 is 24.4 Å². The molecule has 2 unspecified atom stereocenters. The number of hydrogen-bond donors (Lipinski definition) is 2. The van der Waals surface area contributed by atoms with Crippen LogP contribution in [-0.4, -0.2) is 11.3 Å². The Labute approximate surface area is 96.0 Å². The molecule has 78 valence electrons. The molecule has 15 heavy (non-hydrogen) atoms. The average molecular weight is 217 g/mol. The van der Waals surface area contributed by atoms with Gasteiger partial charge >= 0.3 is 0 Å². The lowest BCUT2D eigenvalue weighted by Crippen LogP contribution is -2.33. The summed E-state index contributed by atoms with van der Waals surface area (Å²) in [6, 6.07) is 9.03. The van der Waals surface area contributed by atoms with Crippen molar-refractivity contribution in [3.05, 3.63) is 35.4 Å². The topological polar surface area (TPSA) is 12.0 Å². The first-order valence-electron chi connectivity index (χ1n) is 5.60. The standard InChI is InChI=1S/C13H15NS/c15-13-7-3-6-12-10(13)8-9-4-1-2-5-11(9)14-12/h1-2,4-5,8,12-15H,3,6-7H2. The van der Waals surface area contributed by atoms with E-state index in [0.717, 1.165) is 0 Å². The van der Waals surface area contributed by atoms with E-state index in [9.17, 15) is 0 Å². The van der Waals surface area contributed by atoms with Crippen molar-refractivity contribution in [2.45, 2.75) is 30.6 Å². The van der Waals surface area contributed by atoms with Gasteiger partial charge in [-0.05, 0) is 36.5 Å². The van der Waals surface area contributed by atoms with E-state index in [1.165, 1.54) is 36.1 Å². The SMILES string of the molecule is SC1CCCC2Nc3ccccc3C=C12. The van der Waals surface area contributed by atoms with E-state index in [4.69, 9.17) is 0 Å². The molecule has 1 heterocycles. The van der Waals surface area contributed by atoms with Crippen LogP contribution in [0.15, 0.2) is 29.8 Å². The minimum Gasteiger partial charge on any atom is -0.378 e.